The van der Waals surface area contributed by atoms with Crippen LogP contribution < -0.4 is 0 Å². The molecule has 18 rings (SSSR count). The van der Waals surface area contributed by atoms with Crippen LogP contribution in [0.25, 0.3) is 53.9 Å². The summed E-state index contributed by atoms with van der Waals surface area (Å²) in [6.07, 6.45) is 0. The van der Waals surface area contributed by atoms with Crippen molar-refractivity contribution in [2.45, 2.75) is 64.2 Å². The summed E-state index contributed by atoms with van der Waals surface area (Å²) >= 11 is 0. The molecule has 0 spiro atoms. The highest BCUT2D eigenvalue weighted by molar-refractivity contribution is 6.08. The summed E-state index contributed by atoms with van der Waals surface area (Å²) < 4.78 is 0. The number of rotatable bonds is 10. The van der Waals surface area contributed by atoms with Gasteiger partial charge >= 0.3 is 0 Å². The Hall–Kier alpha value is -16.7. The highest BCUT2D eigenvalue weighted by Gasteiger charge is 2.23. The molecule has 0 saturated heterocycles. The van der Waals surface area contributed by atoms with Crippen molar-refractivity contribution >= 4 is 53.9 Å². The van der Waals surface area contributed by atoms with Crippen molar-refractivity contribution in [1.29, 1.82) is 0 Å². The van der Waals surface area contributed by atoms with E-state index in [-0.39, 0.29) is 145 Å². The Labute approximate surface area is 738 Å². The lowest BCUT2D eigenvalue weighted by Gasteiger charge is -2.15. The summed E-state index contributed by atoms with van der Waals surface area (Å²) in [5, 5.41) is 203. The standard InChI is InChI=1S/5C14H14O4.2C14H10.C10H8/c5*1-8(11-4-2-9(15)6-13(11)17)12-5-3-10(16)7-14(12)18;2*1-3-7-13-11(5-1)9-10-12-6-2-4-8-14(12)13;1-2-6-10-8-4-3-7-9(10)5-1/h5*2-8,15-18H,1H3;2*1-10H;1-8H. The van der Waals surface area contributed by atoms with E-state index in [1.807, 2.05) is 34.6 Å². The fourth-order valence-electron chi connectivity index (χ4n) is 14.9. The van der Waals surface area contributed by atoms with Gasteiger partial charge in [0.15, 0.2) is 0 Å². The van der Waals surface area contributed by atoms with Crippen molar-refractivity contribution in [2.24, 2.45) is 0 Å². The van der Waals surface area contributed by atoms with Crippen molar-refractivity contribution in [1.82, 2.24) is 0 Å². The van der Waals surface area contributed by atoms with Gasteiger partial charge in [0.1, 0.15) is 115 Å². The second-order valence-corrected chi connectivity index (χ2v) is 30.4. The molecule has 20 heteroatoms. The summed E-state index contributed by atoms with van der Waals surface area (Å²) in [5.41, 5.74) is 5.91. The Morgan fingerprint density at radius 2 is 0.234 bits per heavy atom. The largest absolute Gasteiger partial charge is 0.508 e. The Morgan fingerprint density at radius 3 is 0.352 bits per heavy atom. The highest BCUT2D eigenvalue weighted by atomic mass is 16.3. The first-order valence-electron chi connectivity index (χ1n) is 40.7. The lowest BCUT2D eigenvalue weighted by Crippen LogP contribution is -1.97. The number of hydrogen-bond acceptors (Lipinski definition) is 20. The lowest BCUT2D eigenvalue weighted by molar-refractivity contribution is 0.436. The van der Waals surface area contributed by atoms with E-state index in [1.165, 1.54) is 175 Å². The maximum absolute atomic E-state index is 9.78. The van der Waals surface area contributed by atoms with Crippen LogP contribution in [0, 0.1) is 0 Å². The van der Waals surface area contributed by atoms with Gasteiger partial charge in [0.2, 0.25) is 0 Å². The highest BCUT2D eigenvalue weighted by Crippen LogP contribution is 2.44. The molecule has 0 fully saturated rings. The first-order valence-corrected chi connectivity index (χ1v) is 40.7. The summed E-state index contributed by atoms with van der Waals surface area (Å²) in [7, 11) is 0. The topological polar surface area (TPSA) is 405 Å². The van der Waals surface area contributed by atoms with E-state index in [0.29, 0.717) is 55.6 Å². The third kappa shape index (κ3) is 23.5. The van der Waals surface area contributed by atoms with Gasteiger partial charge in [0, 0.05) is 146 Å². The van der Waals surface area contributed by atoms with Crippen LogP contribution in [0.4, 0.5) is 0 Å². The number of aromatic hydroxyl groups is 20. The predicted molar refractivity (Wildman–Crippen MR) is 502 cm³/mol. The van der Waals surface area contributed by atoms with E-state index >= 15 is 0 Å². The lowest BCUT2D eigenvalue weighted by atomic mass is 9.91. The fraction of sp³-hybridized carbons (Fsp3) is 0.0926. The average Bonchev–Trinajstić information content (AvgIpc) is 0.788. The minimum atomic E-state index is -0.258. The van der Waals surface area contributed by atoms with Crippen LogP contribution in [-0.2, 0) is 0 Å². The first kappa shape index (κ1) is 92.0. The summed E-state index contributed by atoms with van der Waals surface area (Å²) in [6.45, 7) is 9.09. The average molecular weight is 1720 g/mol. The molecule has 0 heterocycles. The molecule has 0 bridgehead atoms. The summed E-state index contributed by atoms with van der Waals surface area (Å²) in [4.78, 5) is 0. The third-order valence-electron chi connectivity index (χ3n) is 21.8. The van der Waals surface area contributed by atoms with E-state index < -0.39 is 0 Å². The summed E-state index contributed by atoms with van der Waals surface area (Å²) in [6, 6.07) is 103. The molecule has 0 atom stereocenters. The van der Waals surface area contributed by atoms with Crippen molar-refractivity contribution in [3.63, 3.8) is 0 Å². The van der Waals surface area contributed by atoms with Crippen LogP contribution in [0.1, 0.15) is 120 Å². The van der Waals surface area contributed by atoms with E-state index in [4.69, 9.17) is 0 Å². The fourth-order valence-corrected chi connectivity index (χ4v) is 14.9. The predicted octanol–water partition coefficient (Wildman–Crippen LogP) is 24.1. The van der Waals surface area contributed by atoms with Crippen molar-refractivity contribution in [3.05, 3.63) is 407 Å². The maximum atomic E-state index is 9.78. The molecule has 0 unspecified atom stereocenters. The van der Waals surface area contributed by atoms with Crippen molar-refractivity contribution < 1.29 is 102 Å². The van der Waals surface area contributed by atoms with Crippen molar-refractivity contribution in [3.8, 4) is 115 Å². The monoisotopic (exact) mass is 1710 g/mol. The number of phenols is 20. The number of phenolic OH excluding ortho intramolecular Hbond substituents is 20. The van der Waals surface area contributed by atoms with Gasteiger partial charge in [-0.25, -0.2) is 0 Å². The van der Waals surface area contributed by atoms with Crippen LogP contribution in [0.3, 0.4) is 0 Å². The molecule has 0 amide bonds. The molecule has 18 aromatic rings. The SMILES string of the molecule is CC(c1ccc(O)cc1O)c1ccc(O)cc1O.CC(c1ccc(O)cc1O)c1ccc(O)cc1O.CC(c1ccc(O)cc1O)c1ccc(O)cc1O.CC(c1ccc(O)cc1O)c1ccc(O)cc1O.CC(c1ccc(O)cc1O)c1ccc(O)cc1O.c1ccc2c(c1)ccc1ccccc12.c1ccc2c(c1)ccc1ccccc12.c1ccc2ccccc2c1. The zero-order valence-electron chi connectivity index (χ0n) is 70.3. The number of benzene rings is 18. The van der Waals surface area contributed by atoms with Gasteiger partial charge in [-0.15, -0.1) is 0 Å². The zero-order chi connectivity index (χ0) is 92.0. The smallest absolute Gasteiger partial charge is 0.123 e. The molecule has 0 radical (unpaired) electrons. The zero-order valence-corrected chi connectivity index (χ0v) is 70.3. The molecule has 650 valence electrons. The van der Waals surface area contributed by atoms with Gasteiger partial charge in [0.25, 0.3) is 0 Å². The van der Waals surface area contributed by atoms with E-state index in [0.717, 1.165) is 0 Å². The Bertz CT molecular complexity index is 5720. The first-order chi connectivity index (χ1) is 61.3. The van der Waals surface area contributed by atoms with E-state index in [2.05, 4.69) is 170 Å². The van der Waals surface area contributed by atoms with Gasteiger partial charge in [-0.1, -0.05) is 265 Å². The molecular formula is C108H98O20. The van der Waals surface area contributed by atoms with E-state index in [1.54, 1.807) is 60.7 Å². The van der Waals surface area contributed by atoms with Crippen LogP contribution in [0.2, 0.25) is 0 Å². The summed E-state index contributed by atoms with van der Waals surface area (Å²) in [5.74, 6) is -1.77. The molecule has 20 N–H and O–H groups in total. The molecule has 128 heavy (non-hydrogen) atoms. The van der Waals surface area contributed by atoms with Gasteiger partial charge in [-0.2, -0.15) is 0 Å². The molecule has 20 nitrogen and oxygen atoms in total. The normalized spacial score (nSPS) is 10.7. The Balaban J connectivity index is 0.000000142. The van der Waals surface area contributed by atoms with Gasteiger partial charge in [-0.05, 0) is 115 Å². The molecule has 0 saturated carbocycles. The second kappa shape index (κ2) is 42.4. The van der Waals surface area contributed by atoms with Crippen LogP contribution in [-0.4, -0.2) is 102 Å². The third-order valence-corrected chi connectivity index (χ3v) is 21.8. The molecule has 0 aliphatic heterocycles. The Morgan fingerprint density at radius 1 is 0.125 bits per heavy atom. The second-order valence-electron chi connectivity index (χ2n) is 30.4. The minimum Gasteiger partial charge on any atom is -0.508 e. The molecule has 0 aromatic heterocycles. The maximum Gasteiger partial charge on any atom is 0.123 e. The van der Waals surface area contributed by atoms with Crippen LogP contribution in [0.15, 0.2) is 352 Å². The number of fused-ring (bicyclic) bond motifs is 7. The van der Waals surface area contributed by atoms with E-state index in [9.17, 15) is 102 Å². The van der Waals surface area contributed by atoms with Gasteiger partial charge in [0.05, 0.1) is 0 Å². The molecule has 18 aromatic carbocycles. The minimum absolute atomic E-state index is 0.0154. The molecule has 0 aliphatic carbocycles. The van der Waals surface area contributed by atoms with Gasteiger partial charge < -0.3 is 102 Å². The number of hydrogen-bond donors (Lipinski definition) is 20. The van der Waals surface area contributed by atoms with Crippen LogP contribution >= 0.6 is 0 Å². The Kier molecular flexibility index (Phi) is 30.4. The quantitative estimate of drug-likeness (QED) is 0.0565. The van der Waals surface area contributed by atoms with Crippen LogP contribution in [0.5, 0.6) is 115 Å². The van der Waals surface area contributed by atoms with Gasteiger partial charge in [-0.3, -0.25) is 0 Å². The van der Waals surface area contributed by atoms with Crippen molar-refractivity contribution in [2.75, 3.05) is 0 Å². The molecule has 0 aliphatic rings. The molecular weight excluding hydrogens is 1620 g/mol.